The third-order valence-corrected chi connectivity index (χ3v) is 4.31. The molecule has 102 valence electrons. The zero-order chi connectivity index (χ0) is 13.8. The van der Waals surface area contributed by atoms with Crippen molar-refractivity contribution in [3.05, 3.63) is 59.7 Å². The van der Waals surface area contributed by atoms with Gasteiger partial charge in [0.1, 0.15) is 11.5 Å². The van der Waals surface area contributed by atoms with E-state index in [2.05, 4.69) is 42.6 Å². The summed E-state index contributed by atoms with van der Waals surface area (Å²) >= 11 is 1.77. The zero-order valence-corrected chi connectivity index (χ0v) is 12.5. The van der Waals surface area contributed by atoms with Gasteiger partial charge in [0.2, 0.25) is 0 Å². The van der Waals surface area contributed by atoms with E-state index in [1.54, 1.807) is 11.3 Å². The fourth-order valence-corrected chi connectivity index (χ4v) is 3.10. The number of thiophene rings is 1. The molecule has 20 heavy (non-hydrogen) atoms. The monoisotopic (exact) mass is 282 g/mol. The molecule has 2 aromatic heterocycles. The molecule has 0 aliphatic rings. The van der Waals surface area contributed by atoms with Gasteiger partial charge in [-0.2, -0.15) is 0 Å². The second-order valence-corrected chi connectivity index (χ2v) is 5.84. The Kier molecular flexibility index (Phi) is 4.03. The van der Waals surface area contributed by atoms with Crippen LogP contribution in [0, 0.1) is 0 Å². The number of hydrogen-bond donors (Lipinski definition) is 0. The first kappa shape index (κ1) is 13.2. The molecule has 0 aliphatic heterocycles. The fourth-order valence-electron chi connectivity index (χ4n) is 2.34. The third-order valence-electron chi connectivity index (χ3n) is 3.41. The van der Waals surface area contributed by atoms with E-state index in [4.69, 9.17) is 4.42 Å². The second-order valence-electron chi connectivity index (χ2n) is 4.89. The van der Waals surface area contributed by atoms with Crippen molar-refractivity contribution >= 4 is 11.3 Å². The first-order valence-corrected chi connectivity index (χ1v) is 7.98. The van der Waals surface area contributed by atoms with Crippen molar-refractivity contribution in [1.82, 2.24) is 0 Å². The summed E-state index contributed by atoms with van der Waals surface area (Å²) in [6.45, 7) is 2.21. The van der Waals surface area contributed by atoms with Crippen LogP contribution in [0.4, 0.5) is 0 Å². The summed E-state index contributed by atoms with van der Waals surface area (Å²) in [5.41, 5.74) is 2.40. The van der Waals surface area contributed by atoms with Crippen LogP contribution in [0.2, 0.25) is 0 Å². The van der Waals surface area contributed by atoms with Crippen LogP contribution in [-0.2, 0) is 6.42 Å². The van der Waals surface area contributed by atoms with Crippen LogP contribution in [0.25, 0.3) is 21.8 Å². The van der Waals surface area contributed by atoms with Gasteiger partial charge in [0.25, 0.3) is 0 Å². The first-order chi connectivity index (χ1) is 9.88. The molecule has 1 aromatic carbocycles. The predicted molar refractivity (Wildman–Crippen MR) is 86.1 cm³/mol. The molecular weight excluding hydrogens is 264 g/mol. The van der Waals surface area contributed by atoms with E-state index in [0.717, 1.165) is 23.5 Å². The molecule has 0 amide bonds. The molecule has 3 aromatic rings. The molecule has 0 bridgehead atoms. The number of aryl methyl sites for hydroxylation is 1. The van der Waals surface area contributed by atoms with Crippen LogP contribution in [0.5, 0.6) is 0 Å². The molecule has 3 rings (SSSR count). The first-order valence-electron chi connectivity index (χ1n) is 7.10. The fraction of sp³-hybridized carbons (Fsp3) is 0.222. The van der Waals surface area contributed by atoms with Crippen LogP contribution >= 0.6 is 11.3 Å². The maximum Gasteiger partial charge on any atom is 0.134 e. The van der Waals surface area contributed by atoms with Gasteiger partial charge in [0.15, 0.2) is 0 Å². The van der Waals surface area contributed by atoms with Gasteiger partial charge in [-0.3, -0.25) is 0 Å². The highest BCUT2D eigenvalue weighted by molar-refractivity contribution is 7.13. The molecule has 0 saturated carbocycles. The van der Waals surface area contributed by atoms with Gasteiger partial charge in [-0.1, -0.05) is 49.7 Å². The van der Waals surface area contributed by atoms with E-state index >= 15 is 0 Å². The Morgan fingerprint density at radius 2 is 1.90 bits per heavy atom. The van der Waals surface area contributed by atoms with E-state index in [1.807, 2.05) is 18.2 Å². The lowest BCUT2D eigenvalue weighted by Crippen LogP contribution is -1.83. The average Bonchev–Trinajstić information content (AvgIpc) is 3.15. The van der Waals surface area contributed by atoms with E-state index in [9.17, 15) is 0 Å². The summed E-state index contributed by atoms with van der Waals surface area (Å²) in [6, 6.07) is 16.8. The van der Waals surface area contributed by atoms with Crippen molar-refractivity contribution in [1.29, 1.82) is 0 Å². The van der Waals surface area contributed by atoms with E-state index in [0.29, 0.717) is 0 Å². The van der Waals surface area contributed by atoms with Crippen molar-refractivity contribution in [2.75, 3.05) is 0 Å². The summed E-state index contributed by atoms with van der Waals surface area (Å²) in [7, 11) is 0. The van der Waals surface area contributed by atoms with Gasteiger partial charge in [-0.05, 0) is 23.9 Å². The van der Waals surface area contributed by atoms with Crippen molar-refractivity contribution in [3.8, 4) is 21.8 Å². The minimum atomic E-state index is 0.972. The lowest BCUT2D eigenvalue weighted by molar-refractivity contribution is 0.514. The number of hydrogen-bond acceptors (Lipinski definition) is 2. The van der Waals surface area contributed by atoms with Gasteiger partial charge in [0, 0.05) is 22.4 Å². The highest BCUT2D eigenvalue weighted by Gasteiger charge is 2.14. The molecule has 2 heterocycles. The van der Waals surface area contributed by atoms with Gasteiger partial charge in [0.05, 0.1) is 0 Å². The van der Waals surface area contributed by atoms with Crippen LogP contribution in [-0.4, -0.2) is 0 Å². The number of rotatable bonds is 5. The molecule has 0 unspecified atom stereocenters. The van der Waals surface area contributed by atoms with Gasteiger partial charge < -0.3 is 4.42 Å². The molecule has 0 radical (unpaired) electrons. The SMILES string of the molecule is CCCCc1oc(-c2ccccc2)cc1-c1cccs1. The van der Waals surface area contributed by atoms with E-state index < -0.39 is 0 Å². The maximum absolute atomic E-state index is 6.13. The molecule has 0 N–H and O–H groups in total. The summed E-state index contributed by atoms with van der Waals surface area (Å²) in [4.78, 5) is 1.29. The Labute approximate surface area is 123 Å². The molecule has 0 fully saturated rings. The van der Waals surface area contributed by atoms with Crippen molar-refractivity contribution in [2.45, 2.75) is 26.2 Å². The van der Waals surface area contributed by atoms with Crippen LogP contribution in [0.15, 0.2) is 58.3 Å². The largest absolute Gasteiger partial charge is 0.460 e. The maximum atomic E-state index is 6.13. The number of unbranched alkanes of at least 4 members (excludes halogenated alkanes) is 1. The van der Waals surface area contributed by atoms with Crippen molar-refractivity contribution in [2.24, 2.45) is 0 Å². The van der Waals surface area contributed by atoms with Crippen LogP contribution in [0.1, 0.15) is 25.5 Å². The Morgan fingerprint density at radius 1 is 1.05 bits per heavy atom. The van der Waals surface area contributed by atoms with Crippen molar-refractivity contribution < 1.29 is 4.42 Å². The van der Waals surface area contributed by atoms with E-state index in [-0.39, 0.29) is 0 Å². The Balaban J connectivity index is 2.01. The number of benzene rings is 1. The molecular formula is C18H18OS. The Bertz CT molecular complexity index is 650. The predicted octanol–water partition coefficient (Wildman–Crippen LogP) is 6.02. The quantitative estimate of drug-likeness (QED) is 0.558. The molecule has 0 spiro atoms. The Morgan fingerprint density at radius 3 is 2.60 bits per heavy atom. The minimum Gasteiger partial charge on any atom is -0.460 e. The average molecular weight is 282 g/mol. The standard InChI is InChI=1S/C18H18OS/c1-2-3-10-16-15(18-11-7-12-20-18)13-17(19-16)14-8-5-4-6-9-14/h4-9,11-13H,2-3,10H2,1H3. The molecule has 1 nitrogen and oxygen atoms in total. The number of furan rings is 1. The van der Waals surface area contributed by atoms with Gasteiger partial charge in [-0.15, -0.1) is 11.3 Å². The summed E-state index contributed by atoms with van der Waals surface area (Å²) in [5, 5.41) is 2.12. The van der Waals surface area contributed by atoms with Gasteiger partial charge in [-0.25, -0.2) is 0 Å². The highest BCUT2D eigenvalue weighted by Crippen LogP contribution is 2.35. The topological polar surface area (TPSA) is 13.1 Å². The molecule has 2 heteroatoms. The zero-order valence-electron chi connectivity index (χ0n) is 11.6. The smallest absolute Gasteiger partial charge is 0.134 e. The summed E-state index contributed by atoms with van der Waals surface area (Å²) in [5.74, 6) is 2.09. The van der Waals surface area contributed by atoms with Crippen LogP contribution < -0.4 is 0 Å². The lowest BCUT2D eigenvalue weighted by Gasteiger charge is -1.99. The Hall–Kier alpha value is -1.80. The highest BCUT2D eigenvalue weighted by atomic mass is 32.1. The van der Waals surface area contributed by atoms with Crippen molar-refractivity contribution in [3.63, 3.8) is 0 Å². The van der Waals surface area contributed by atoms with E-state index in [1.165, 1.54) is 23.3 Å². The summed E-state index contributed by atoms with van der Waals surface area (Å²) < 4.78 is 6.13. The normalized spacial score (nSPS) is 10.8. The van der Waals surface area contributed by atoms with Gasteiger partial charge >= 0.3 is 0 Å². The second kappa shape index (κ2) is 6.10. The lowest BCUT2D eigenvalue weighted by atomic mass is 10.1. The summed E-state index contributed by atoms with van der Waals surface area (Å²) in [6.07, 6.45) is 3.36. The minimum absolute atomic E-state index is 0.972. The molecule has 0 aliphatic carbocycles. The van der Waals surface area contributed by atoms with Crippen LogP contribution in [0.3, 0.4) is 0 Å². The third kappa shape index (κ3) is 2.70. The molecule has 0 saturated heterocycles. The molecule has 0 atom stereocenters.